The number of hydrogen-bond acceptors (Lipinski definition) is 5. The molecular weight excluding hydrogens is 372 g/mol. The second kappa shape index (κ2) is 8.64. The fraction of sp³-hybridized carbons (Fsp3) is 0.316. The average molecular weight is 391 g/mol. The molecule has 2 aromatic rings. The first-order chi connectivity index (χ1) is 13.4. The lowest BCUT2D eigenvalue weighted by Gasteiger charge is -2.34. The molecule has 1 N–H and O–H groups in total. The van der Waals surface area contributed by atoms with E-state index < -0.39 is 13.0 Å². The van der Waals surface area contributed by atoms with Crippen LogP contribution in [0.4, 0.5) is 8.78 Å². The first kappa shape index (κ1) is 19.5. The van der Waals surface area contributed by atoms with Crippen LogP contribution in [-0.4, -0.2) is 70.9 Å². The van der Waals surface area contributed by atoms with Crippen LogP contribution in [0.3, 0.4) is 0 Å². The first-order valence-electron chi connectivity index (χ1n) is 8.68. The summed E-state index contributed by atoms with van der Waals surface area (Å²) in [6.45, 7) is 0.635. The lowest BCUT2D eigenvalue weighted by molar-refractivity contribution is 0.0534. The predicted molar refractivity (Wildman–Crippen MR) is 95.6 cm³/mol. The van der Waals surface area contributed by atoms with E-state index in [1.165, 1.54) is 30.5 Å². The molecule has 3 rings (SSSR count). The van der Waals surface area contributed by atoms with Crippen molar-refractivity contribution in [2.45, 2.75) is 6.43 Å². The molecule has 1 aliphatic rings. The van der Waals surface area contributed by atoms with Crippen molar-refractivity contribution in [1.29, 1.82) is 0 Å². The summed E-state index contributed by atoms with van der Waals surface area (Å²) in [4.78, 5) is 32.2. The van der Waals surface area contributed by atoms with Gasteiger partial charge in [0, 0.05) is 49.6 Å². The molecule has 0 bridgehead atoms. The number of phenols is 1. The van der Waals surface area contributed by atoms with Crippen LogP contribution < -0.4 is 4.74 Å². The van der Waals surface area contributed by atoms with Gasteiger partial charge in [0.2, 0.25) is 5.88 Å². The van der Waals surface area contributed by atoms with E-state index in [9.17, 15) is 23.5 Å². The number of pyridine rings is 1. The third-order valence-corrected chi connectivity index (χ3v) is 4.31. The number of piperazine rings is 1. The highest BCUT2D eigenvalue weighted by Crippen LogP contribution is 2.16. The molecule has 7 nitrogen and oxygen atoms in total. The zero-order valence-corrected chi connectivity index (χ0v) is 14.9. The SMILES string of the molecule is O=C(c1ccc(O)cc1)N1CCN(C(=O)c2ccnc(OCC(F)F)c2)CC1. The van der Waals surface area contributed by atoms with Gasteiger partial charge in [-0.05, 0) is 30.3 Å². The molecule has 0 spiro atoms. The Hall–Kier alpha value is -3.23. The van der Waals surface area contributed by atoms with Crippen LogP contribution in [-0.2, 0) is 0 Å². The van der Waals surface area contributed by atoms with Gasteiger partial charge in [0.15, 0.2) is 6.61 Å². The number of phenolic OH excluding ortho intramolecular Hbond substituents is 1. The normalized spacial score (nSPS) is 14.2. The number of aromatic hydroxyl groups is 1. The van der Waals surface area contributed by atoms with Crippen molar-refractivity contribution in [2.24, 2.45) is 0 Å². The Bertz CT molecular complexity index is 837. The summed E-state index contributed by atoms with van der Waals surface area (Å²) in [5, 5.41) is 9.31. The van der Waals surface area contributed by atoms with Gasteiger partial charge in [0.25, 0.3) is 18.2 Å². The Kier molecular flexibility index (Phi) is 6.03. The molecule has 0 radical (unpaired) electrons. The number of halogens is 2. The molecule has 1 saturated heterocycles. The summed E-state index contributed by atoms with van der Waals surface area (Å²) in [5.74, 6) is -0.395. The van der Waals surface area contributed by atoms with Gasteiger partial charge < -0.3 is 19.6 Å². The fourth-order valence-electron chi connectivity index (χ4n) is 2.85. The Morgan fingerprint density at radius 3 is 2.14 bits per heavy atom. The summed E-state index contributed by atoms with van der Waals surface area (Å²) < 4.78 is 29.3. The zero-order chi connectivity index (χ0) is 20.1. The van der Waals surface area contributed by atoms with Crippen LogP contribution in [0.1, 0.15) is 20.7 Å². The van der Waals surface area contributed by atoms with E-state index in [1.807, 2.05) is 0 Å². The quantitative estimate of drug-likeness (QED) is 0.843. The number of hydrogen-bond donors (Lipinski definition) is 1. The molecule has 0 unspecified atom stereocenters. The number of carbonyl (C=O) groups excluding carboxylic acids is 2. The molecule has 0 atom stereocenters. The van der Waals surface area contributed by atoms with Crippen molar-refractivity contribution in [3.8, 4) is 11.6 Å². The van der Waals surface area contributed by atoms with Gasteiger partial charge in [-0.15, -0.1) is 0 Å². The van der Waals surface area contributed by atoms with E-state index in [4.69, 9.17) is 4.74 Å². The molecule has 1 aromatic heterocycles. The summed E-state index contributed by atoms with van der Waals surface area (Å²) >= 11 is 0. The second-order valence-electron chi connectivity index (χ2n) is 6.22. The number of amides is 2. The molecule has 1 aromatic carbocycles. The smallest absolute Gasteiger partial charge is 0.272 e. The molecule has 2 amide bonds. The van der Waals surface area contributed by atoms with E-state index in [2.05, 4.69) is 4.98 Å². The van der Waals surface area contributed by atoms with Crippen molar-refractivity contribution in [1.82, 2.24) is 14.8 Å². The minimum Gasteiger partial charge on any atom is -0.508 e. The van der Waals surface area contributed by atoms with Crippen LogP contribution in [0.2, 0.25) is 0 Å². The molecule has 2 heterocycles. The molecule has 1 fully saturated rings. The maximum Gasteiger partial charge on any atom is 0.272 e. The standard InChI is InChI=1S/C19H19F2N3O4/c20-16(21)12-28-17-11-14(5-6-22-17)19(27)24-9-7-23(8-10-24)18(26)13-1-3-15(25)4-2-13/h1-6,11,16,25H,7-10,12H2. The second-order valence-corrected chi connectivity index (χ2v) is 6.22. The third-order valence-electron chi connectivity index (χ3n) is 4.31. The lowest BCUT2D eigenvalue weighted by Crippen LogP contribution is -2.50. The van der Waals surface area contributed by atoms with Crippen molar-refractivity contribution < 1.29 is 28.2 Å². The van der Waals surface area contributed by atoms with E-state index in [0.29, 0.717) is 31.7 Å². The molecular formula is C19H19F2N3O4. The number of alkyl halides is 2. The van der Waals surface area contributed by atoms with Crippen LogP contribution in [0.15, 0.2) is 42.6 Å². The van der Waals surface area contributed by atoms with E-state index in [0.717, 1.165) is 0 Å². The van der Waals surface area contributed by atoms with Crippen LogP contribution in [0.5, 0.6) is 11.6 Å². The van der Waals surface area contributed by atoms with Crippen molar-refractivity contribution in [3.05, 3.63) is 53.7 Å². The summed E-state index contributed by atoms with van der Waals surface area (Å²) in [7, 11) is 0. The maximum atomic E-state index is 12.6. The van der Waals surface area contributed by atoms with Gasteiger partial charge in [0.05, 0.1) is 0 Å². The van der Waals surface area contributed by atoms with E-state index >= 15 is 0 Å². The highest BCUT2D eigenvalue weighted by Gasteiger charge is 2.25. The Labute approximate surface area is 160 Å². The van der Waals surface area contributed by atoms with Crippen LogP contribution in [0, 0.1) is 0 Å². The maximum absolute atomic E-state index is 12.6. The van der Waals surface area contributed by atoms with Crippen molar-refractivity contribution in [2.75, 3.05) is 32.8 Å². The summed E-state index contributed by atoms with van der Waals surface area (Å²) in [6.07, 6.45) is -1.29. The van der Waals surface area contributed by atoms with Gasteiger partial charge in [-0.1, -0.05) is 0 Å². The fourth-order valence-corrected chi connectivity index (χ4v) is 2.85. The van der Waals surface area contributed by atoms with Gasteiger partial charge in [-0.2, -0.15) is 0 Å². The molecule has 0 aliphatic carbocycles. The third kappa shape index (κ3) is 4.73. The van der Waals surface area contributed by atoms with Gasteiger partial charge >= 0.3 is 0 Å². The molecule has 1 aliphatic heterocycles. The number of ether oxygens (including phenoxy) is 1. The number of benzene rings is 1. The minimum atomic E-state index is -2.62. The highest BCUT2D eigenvalue weighted by atomic mass is 19.3. The topological polar surface area (TPSA) is 83.0 Å². The lowest BCUT2D eigenvalue weighted by atomic mass is 10.1. The Balaban J connectivity index is 1.58. The average Bonchev–Trinajstić information content (AvgIpc) is 2.72. The predicted octanol–water partition coefficient (Wildman–Crippen LogP) is 2.03. The van der Waals surface area contributed by atoms with Crippen molar-refractivity contribution in [3.63, 3.8) is 0 Å². The van der Waals surface area contributed by atoms with Crippen LogP contribution in [0.25, 0.3) is 0 Å². The summed E-state index contributed by atoms with van der Waals surface area (Å²) in [5.41, 5.74) is 0.755. The monoisotopic (exact) mass is 391 g/mol. The van der Waals surface area contributed by atoms with E-state index in [1.54, 1.807) is 21.9 Å². The number of rotatable bonds is 5. The Morgan fingerprint density at radius 1 is 1.00 bits per heavy atom. The molecule has 28 heavy (non-hydrogen) atoms. The number of aromatic nitrogens is 1. The van der Waals surface area contributed by atoms with Crippen LogP contribution >= 0.6 is 0 Å². The largest absolute Gasteiger partial charge is 0.508 e. The molecule has 9 heteroatoms. The number of carbonyl (C=O) groups is 2. The molecule has 0 saturated carbocycles. The highest BCUT2D eigenvalue weighted by molar-refractivity contribution is 5.96. The van der Waals surface area contributed by atoms with Crippen molar-refractivity contribution >= 4 is 11.8 Å². The first-order valence-corrected chi connectivity index (χ1v) is 8.68. The zero-order valence-electron chi connectivity index (χ0n) is 14.9. The summed E-state index contributed by atoms with van der Waals surface area (Å²) in [6, 6.07) is 8.82. The Morgan fingerprint density at radius 2 is 1.57 bits per heavy atom. The van der Waals surface area contributed by atoms with Gasteiger partial charge in [-0.25, -0.2) is 13.8 Å². The number of nitrogens with zero attached hydrogens (tertiary/aromatic N) is 3. The van der Waals surface area contributed by atoms with Gasteiger partial charge in [-0.3, -0.25) is 9.59 Å². The van der Waals surface area contributed by atoms with E-state index in [-0.39, 0.29) is 29.0 Å². The minimum absolute atomic E-state index is 0.0349. The molecule has 148 valence electrons. The van der Waals surface area contributed by atoms with Gasteiger partial charge in [0.1, 0.15) is 5.75 Å².